The zero-order valence-electron chi connectivity index (χ0n) is 12.2. The standard InChI is InChI=1S/C16H22F2N2.ClH/c17-15-2-1-3-16(18)14(15)11-20(13-4-5-13)10-12-6-8-19-9-7-12;/h1-3,12-13,19H,4-11H2;1H. The first kappa shape index (κ1) is 16.7. The van der Waals surface area contributed by atoms with Crippen molar-refractivity contribution in [3.8, 4) is 0 Å². The third-order valence-corrected chi connectivity index (χ3v) is 4.44. The number of nitrogens with zero attached hydrogens (tertiary/aromatic N) is 1. The summed E-state index contributed by atoms with van der Waals surface area (Å²) in [5.41, 5.74) is 0.230. The van der Waals surface area contributed by atoms with Crippen molar-refractivity contribution in [2.24, 2.45) is 5.92 Å². The zero-order valence-corrected chi connectivity index (χ0v) is 13.0. The lowest BCUT2D eigenvalue weighted by molar-refractivity contribution is 0.186. The van der Waals surface area contributed by atoms with E-state index in [1.165, 1.54) is 43.9 Å². The summed E-state index contributed by atoms with van der Waals surface area (Å²) in [4.78, 5) is 2.29. The van der Waals surface area contributed by atoms with Crippen LogP contribution in [-0.4, -0.2) is 30.6 Å². The molecule has 0 amide bonds. The van der Waals surface area contributed by atoms with Gasteiger partial charge >= 0.3 is 0 Å². The average molecular weight is 317 g/mol. The smallest absolute Gasteiger partial charge is 0.130 e. The first-order valence-electron chi connectivity index (χ1n) is 7.61. The lowest BCUT2D eigenvalue weighted by Crippen LogP contribution is -2.37. The van der Waals surface area contributed by atoms with Crippen molar-refractivity contribution in [2.75, 3.05) is 19.6 Å². The highest BCUT2D eigenvalue weighted by Gasteiger charge is 2.31. The summed E-state index contributed by atoms with van der Waals surface area (Å²) >= 11 is 0. The van der Waals surface area contributed by atoms with E-state index in [4.69, 9.17) is 0 Å². The van der Waals surface area contributed by atoms with Gasteiger partial charge in [0.05, 0.1) is 0 Å². The van der Waals surface area contributed by atoms with Gasteiger partial charge in [0.1, 0.15) is 11.6 Å². The molecule has 1 saturated carbocycles. The molecule has 2 aliphatic rings. The molecule has 1 aromatic rings. The maximum Gasteiger partial charge on any atom is 0.130 e. The first-order valence-corrected chi connectivity index (χ1v) is 7.61. The van der Waals surface area contributed by atoms with Gasteiger partial charge in [0.25, 0.3) is 0 Å². The van der Waals surface area contributed by atoms with Crippen LogP contribution >= 0.6 is 12.4 Å². The molecule has 3 rings (SSSR count). The number of hydrogen-bond acceptors (Lipinski definition) is 2. The van der Waals surface area contributed by atoms with E-state index >= 15 is 0 Å². The molecule has 1 heterocycles. The van der Waals surface area contributed by atoms with Crippen LogP contribution in [0.25, 0.3) is 0 Å². The van der Waals surface area contributed by atoms with Crippen molar-refractivity contribution in [1.29, 1.82) is 0 Å². The molecule has 21 heavy (non-hydrogen) atoms. The molecule has 1 aliphatic carbocycles. The largest absolute Gasteiger partial charge is 0.317 e. The van der Waals surface area contributed by atoms with E-state index < -0.39 is 11.6 Å². The lowest BCUT2D eigenvalue weighted by Gasteiger charge is -2.30. The van der Waals surface area contributed by atoms with Crippen LogP contribution < -0.4 is 5.32 Å². The molecule has 2 fully saturated rings. The van der Waals surface area contributed by atoms with Gasteiger partial charge in [-0.15, -0.1) is 12.4 Å². The van der Waals surface area contributed by atoms with Crippen molar-refractivity contribution < 1.29 is 8.78 Å². The molecule has 1 aliphatic heterocycles. The fraction of sp³-hybridized carbons (Fsp3) is 0.625. The van der Waals surface area contributed by atoms with Gasteiger partial charge in [0.2, 0.25) is 0 Å². The van der Waals surface area contributed by atoms with E-state index in [-0.39, 0.29) is 18.0 Å². The predicted molar refractivity (Wildman–Crippen MR) is 82.6 cm³/mol. The normalized spacial score (nSPS) is 19.6. The Morgan fingerprint density at radius 1 is 1.05 bits per heavy atom. The maximum atomic E-state index is 13.8. The van der Waals surface area contributed by atoms with Crippen LogP contribution in [0.2, 0.25) is 0 Å². The number of rotatable bonds is 5. The zero-order chi connectivity index (χ0) is 13.9. The number of benzene rings is 1. The SMILES string of the molecule is Cl.Fc1cccc(F)c1CN(CC1CCNCC1)C1CC1. The summed E-state index contributed by atoms with van der Waals surface area (Å²) in [6.45, 7) is 3.52. The highest BCUT2D eigenvalue weighted by Crippen LogP contribution is 2.31. The minimum Gasteiger partial charge on any atom is -0.317 e. The van der Waals surface area contributed by atoms with Gasteiger partial charge in [-0.1, -0.05) is 6.07 Å². The molecular formula is C16H23ClF2N2. The monoisotopic (exact) mass is 316 g/mol. The van der Waals surface area contributed by atoms with Crippen LogP contribution in [0, 0.1) is 17.6 Å². The van der Waals surface area contributed by atoms with E-state index in [9.17, 15) is 8.78 Å². The van der Waals surface area contributed by atoms with Crippen LogP contribution in [-0.2, 0) is 6.54 Å². The molecule has 118 valence electrons. The first-order chi connectivity index (χ1) is 9.74. The second-order valence-corrected chi connectivity index (χ2v) is 6.05. The van der Waals surface area contributed by atoms with Crippen molar-refractivity contribution >= 4 is 12.4 Å². The van der Waals surface area contributed by atoms with Gasteiger partial charge in [0, 0.05) is 24.7 Å². The van der Waals surface area contributed by atoms with E-state index in [0.29, 0.717) is 18.5 Å². The van der Waals surface area contributed by atoms with Gasteiger partial charge in [-0.25, -0.2) is 8.78 Å². The molecule has 0 radical (unpaired) electrons. The van der Waals surface area contributed by atoms with Gasteiger partial charge in [0.15, 0.2) is 0 Å². The van der Waals surface area contributed by atoms with Crippen LogP contribution in [0.3, 0.4) is 0 Å². The van der Waals surface area contributed by atoms with Crippen LogP contribution in [0.15, 0.2) is 18.2 Å². The van der Waals surface area contributed by atoms with Crippen LogP contribution in [0.1, 0.15) is 31.2 Å². The highest BCUT2D eigenvalue weighted by atomic mass is 35.5. The molecule has 5 heteroatoms. The Kier molecular flexibility index (Phi) is 5.97. The molecule has 1 saturated heterocycles. The molecule has 1 N–H and O–H groups in total. The van der Waals surface area contributed by atoms with E-state index in [0.717, 1.165) is 19.6 Å². The molecule has 2 nitrogen and oxygen atoms in total. The van der Waals surface area contributed by atoms with Crippen molar-refractivity contribution in [2.45, 2.75) is 38.3 Å². The third-order valence-electron chi connectivity index (χ3n) is 4.44. The molecule has 1 aromatic carbocycles. The van der Waals surface area contributed by atoms with E-state index in [2.05, 4.69) is 10.2 Å². The summed E-state index contributed by atoms with van der Waals surface area (Å²) < 4.78 is 27.6. The summed E-state index contributed by atoms with van der Waals surface area (Å²) in [7, 11) is 0. The molecule has 0 atom stereocenters. The number of hydrogen-bond donors (Lipinski definition) is 1. The minimum absolute atomic E-state index is 0. The Labute approximate surface area is 131 Å². The quantitative estimate of drug-likeness (QED) is 0.896. The molecular weight excluding hydrogens is 294 g/mol. The molecule has 0 bridgehead atoms. The van der Waals surface area contributed by atoms with Gasteiger partial charge < -0.3 is 5.32 Å². The fourth-order valence-corrected chi connectivity index (χ4v) is 3.06. The molecule has 0 unspecified atom stereocenters. The number of piperidine rings is 1. The number of nitrogens with one attached hydrogen (secondary N) is 1. The van der Waals surface area contributed by atoms with Crippen LogP contribution in [0.5, 0.6) is 0 Å². The van der Waals surface area contributed by atoms with E-state index in [1.54, 1.807) is 0 Å². The Balaban J connectivity index is 0.00000161. The summed E-state index contributed by atoms with van der Waals surface area (Å²) in [6, 6.07) is 4.67. The topological polar surface area (TPSA) is 15.3 Å². The predicted octanol–water partition coefficient (Wildman–Crippen LogP) is 3.35. The van der Waals surface area contributed by atoms with Gasteiger partial charge in [-0.3, -0.25) is 4.90 Å². The van der Waals surface area contributed by atoms with Crippen molar-refractivity contribution in [3.05, 3.63) is 35.4 Å². The second-order valence-electron chi connectivity index (χ2n) is 6.05. The second kappa shape index (κ2) is 7.52. The van der Waals surface area contributed by atoms with Crippen molar-refractivity contribution in [3.63, 3.8) is 0 Å². The Morgan fingerprint density at radius 2 is 1.67 bits per heavy atom. The van der Waals surface area contributed by atoms with Gasteiger partial charge in [-0.05, 0) is 56.8 Å². The summed E-state index contributed by atoms with van der Waals surface area (Å²) in [6.07, 6.45) is 4.67. The number of halogens is 3. The van der Waals surface area contributed by atoms with Crippen LogP contribution in [0.4, 0.5) is 8.78 Å². The maximum absolute atomic E-state index is 13.8. The van der Waals surface area contributed by atoms with Gasteiger partial charge in [-0.2, -0.15) is 0 Å². The highest BCUT2D eigenvalue weighted by molar-refractivity contribution is 5.85. The third kappa shape index (κ3) is 4.38. The lowest BCUT2D eigenvalue weighted by atomic mass is 9.97. The minimum atomic E-state index is -0.416. The Morgan fingerprint density at radius 3 is 2.24 bits per heavy atom. The fourth-order valence-electron chi connectivity index (χ4n) is 3.06. The van der Waals surface area contributed by atoms with Crippen molar-refractivity contribution in [1.82, 2.24) is 10.2 Å². The summed E-state index contributed by atoms with van der Waals surface area (Å²) in [5.74, 6) is -0.173. The molecule has 0 aromatic heterocycles. The van der Waals surface area contributed by atoms with E-state index in [1.807, 2.05) is 0 Å². The summed E-state index contributed by atoms with van der Waals surface area (Å²) in [5, 5.41) is 3.36. The Bertz CT molecular complexity index is 439. The Hall–Kier alpha value is -0.710. The molecule has 0 spiro atoms. The average Bonchev–Trinajstić information content (AvgIpc) is 3.27.